The molecule has 1 N–H and O–H groups in total. The highest BCUT2D eigenvalue weighted by Crippen LogP contribution is 2.33. The largest absolute Gasteiger partial charge is 0.349 e. The standard InChI is InChI=1S/C20H15Cl2N5/c21-13-5-3-4-12(10-13)18-14-11-27(9-8-15(14)25-26-18)20-19(22)23-16-6-1-2-7-17(16)24-20/h1-7,10H,8-9,11H2,(H,25,26). The maximum Gasteiger partial charge on any atom is 0.172 e. The summed E-state index contributed by atoms with van der Waals surface area (Å²) in [5, 5.41) is 8.82. The molecule has 1 aliphatic rings. The van der Waals surface area contributed by atoms with Gasteiger partial charge in [-0.25, -0.2) is 9.97 Å². The lowest BCUT2D eigenvalue weighted by molar-refractivity contribution is 0.711. The van der Waals surface area contributed by atoms with E-state index in [2.05, 4.69) is 20.1 Å². The van der Waals surface area contributed by atoms with Crippen molar-refractivity contribution in [2.24, 2.45) is 0 Å². The second-order valence-electron chi connectivity index (χ2n) is 6.54. The molecule has 3 heterocycles. The molecule has 134 valence electrons. The lowest BCUT2D eigenvalue weighted by Gasteiger charge is -2.28. The van der Waals surface area contributed by atoms with Crippen molar-refractivity contribution >= 4 is 40.1 Å². The molecule has 2 aromatic carbocycles. The lowest BCUT2D eigenvalue weighted by atomic mass is 10.0. The molecule has 0 radical (unpaired) electrons. The summed E-state index contributed by atoms with van der Waals surface area (Å²) >= 11 is 12.6. The number of hydrogen-bond acceptors (Lipinski definition) is 4. The molecule has 0 saturated heterocycles. The molecule has 5 nitrogen and oxygen atoms in total. The molecular weight excluding hydrogens is 381 g/mol. The van der Waals surface area contributed by atoms with Gasteiger partial charge in [-0.15, -0.1) is 0 Å². The monoisotopic (exact) mass is 395 g/mol. The van der Waals surface area contributed by atoms with Crippen LogP contribution >= 0.6 is 23.2 Å². The maximum absolute atomic E-state index is 6.46. The molecule has 0 bridgehead atoms. The van der Waals surface area contributed by atoms with Gasteiger partial charge < -0.3 is 4.90 Å². The fourth-order valence-corrected chi connectivity index (χ4v) is 3.96. The summed E-state index contributed by atoms with van der Waals surface area (Å²) in [5.74, 6) is 0.708. The van der Waals surface area contributed by atoms with Gasteiger partial charge in [0.1, 0.15) is 0 Å². The number of rotatable bonds is 2. The van der Waals surface area contributed by atoms with Crippen molar-refractivity contribution in [1.82, 2.24) is 20.2 Å². The summed E-state index contributed by atoms with van der Waals surface area (Å²) in [4.78, 5) is 11.4. The Labute approximate surface area is 166 Å². The van der Waals surface area contributed by atoms with Crippen LogP contribution < -0.4 is 4.90 Å². The highest BCUT2D eigenvalue weighted by atomic mass is 35.5. The minimum Gasteiger partial charge on any atom is -0.349 e. The quantitative estimate of drug-likeness (QED) is 0.524. The number of nitrogens with one attached hydrogen (secondary N) is 1. The SMILES string of the molecule is Clc1cccc(-c2n[nH]c3c2CN(c2nc4ccccc4nc2Cl)CC3)c1. The predicted octanol–water partition coefficient (Wildman–Crippen LogP) is 4.89. The summed E-state index contributed by atoms with van der Waals surface area (Å²) in [6.07, 6.45) is 0.841. The highest BCUT2D eigenvalue weighted by molar-refractivity contribution is 6.32. The zero-order valence-electron chi connectivity index (χ0n) is 14.3. The normalized spacial score (nSPS) is 13.8. The van der Waals surface area contributed by atoms with E-state index in [0.29, 0.717) is 22.5 Å². The van der Waals surface area contributed by atoms with Crippen LogP contribution in [0.2, 0.25) is 10.2 Å². The third-order valence-corrected chi connectivity index (χ3v) is 5.33. The number of para-hydroxylation sites is 2. The van der Waals surface area contributed by atoms with Crippen molar-refractivity contribution in [2.75, 3.05) is 11.4 Å². The maximum atomic E-state index is 6.46. The number of hydrogen-bond donors (Lipinski definition) is 1. The Kier molecular flexibility index (Phi) is 3.99. The van der Waals surface area contributed by atoms with Crippen LogP contribution in [0.3, 0.4) is 0 Å². The van der Waals surface area contributed by atoms with Gasteiger partial charge in [0.05, 0.1) is 16.7 Å². The van der Waals surface area contributed by atoms with Gasteiger partial charge in [-0.2, -0.15) is 5.10 Å². The molecule has 1 aliphatic heterocycles. The third-order valence-electron chi connectivity index (χ3n) is 4.84. The van der Waals surface area contributed by atoms with Crippen LogP contribution in [0, 0.1) is 0 Å². The van der Waals surface area contributed by atoms with Gasteiger partial charge in [0.2, 0.25) is 0 Å². The van der Waals surface area contributed by atoms with Crippen LogP contribution in [0.5, 0.6) is 0 Å². The van der Waals surface area contributed by atoms with Gasteiger partial charge in [-0.3, -0.25) is 5.10 Å². The van der Waals surface area contributed by atoms with Crippen LogP contribution in [0.1, 0.15) is 11.3 Å². The van der Waals surface area contributed by atoms with Crippen molar-refractivity contribution in [3.8, 4) is 11.3 Å². The smallest absolute Gasteiger partial charge is 0.172 e. The molecular formula is C20H15Cl2N5. The molecule has 7 heteroatoms. The van der Waals surface area contributed by atoms with Crippen molar-refractivity contribution in [1.29, 1.82) is 0 Å². The minimum absolute atomic E-state index is 0.421. The van der Waals surface area contributed by atoms with Gasteiger partial charge in [-0.1, -0.05) is 47.5 Å². The van der Waals surface area contributed by atoms with E-state index in [9.17, 15) is 0 Å². The fraction of sp³-hybridized carbons (Fsp3) is 0.150. The molecule has 0 aliphatic carbocycles. The number of aromatic nitrogens is 4. The summed E-state index contributed by atoms with van der Waals surface area (Å²) in [5.41, 5.74) is 5.84. The topological polar surface area (TPSA) is 57.7 Å². The van der Waals surface area contributed by atoms with E-state index in [1.807, 2.05) is 48.5 Å². The predicted molar refractivity (Wildman–Crippen MR) is 108 cm³/mol. The average molecular weight is 396 g/mol. The number of H-pyrrole nitrogens is 1. The number of halogens is 2. The van der Waals surface area contributed by atoms with E-state index in [1.165, 1.54) is 0 Å². The number of aromatic amines is 1. The van der Waals surface area contributed by atoms with Crippen LogP contribution in [0.15, 0.2) is 48.5 Å². The van der Waals surface area contributed by atoms with E-state index in [1.54, 1.807) is 0 Å². The Morgan fingerprint density at radius 1 is 0.963 bits per heavy atom. The summed E-state index contributed by atoms with van der Waals surface area (Å²) < 4.78 is 0. The van der Waals surface area contributed by atoms with Crippen LogP contribution in [-0.2, 0) is 13.0 Å². The molecule has 27 heavy (non-hydrogen) atoms. The zero-order chi connectivity index (χ0) is 18.4. The fourth-order valence-electron chi connectivity index (χ4n) is 3.52. The van der Waals surface area contributed by atoms with Crippen LogP contribution in [0.25, 0.3) is 22.3 Å². The van der Waals surface area contributed by atoms with Crippen LogP contribution in [0.4, 0.5) is 5.82 Å². The van der Waals surface area contributed by atoms with Gasteiger partial charge in [0.25, 0.3) is 0 Å². The van der Waals surface area contributed by atoms with Crippen molar-refractivity contribution in [2.45, 2.75) is 13.0 Å². The van der Waals surface area contributed by atoms with Crippen molar-refractivity contribution < 1.29 is 0 Å². The molecule has 0 spiro atoms. The summed E-state index contributed by atoms with van der Waals surface area (Å²) in [7, 11) is 0. The van der Waals surface area contributed by atoms with Crippen LogP contribution in [-0.4, -0.2) is 26.7 Å². The number of fused-ring (bicyclic) bond motifs is 2. The molecule has 0 amide bonds. The first kappa shape index (κ1) is 16.5. The molecule has 4 aromatic rings. The average Bonchev–Trinajstić information content (AvgIpc) is 3.10. The van der Waals surface area contributed by atoms with Crippen molar-refractivity contribution in [3.63, 3.8) is 0 Å². The van der Waals surface area contributed by atoms with Gasteiger partial charge in [-0.05, 0) is 24.3 Å². The first-order chi connectivity index (χ1) is 13.2. The Bertz CT molecular complexity index is 1150. The minimum atomic E-state index is 0.421. The summed E-state index contributed by atoms with van der Waals surface area (Å²) in [6.45, 7) is 1.47. The Balaban J connectivity index is 1.55. The summed E-state index contributed by atoms with van der Waals surface area (Å²) in [6, 6.07) is 15.5. The molecule has 2 aromatic heterocycles. The Morgan fingerprint density at radius 2 is 1.78 bits per heavy atom. The van der Waals surface area contributed by atoms with E-state index in [-0.39, 0.29) is 0 Å². The Hall–Kier alpha value is -2.63. The molecule has 0 atom stereocenters. The molecule has 0 unspecified atom stereocenters. The second kappa shape index (κ2) is 6.51. The van der Waals surface area contributed by atoms with E-state index >= 15 is 0 Å². The third kappa shape index (κ3) is 2.93. The lowest BCUT2D eigenvalue weighted by Crippen LogP contribution is -2.31. The van der Waals surface area contributed by atoms with Gasteiger partial charge in [0, 0.05) is 41.4 Å². The van der Waals surface area contributed by atoms with Gasteiger partial charge in [0.15, 0.2) is 11.0 Å². The molecule has 5 rings (SSSR count). The van der Waals surface area contributed by atoms with Gasteiger partial charge >= 0.3 is 0 Å². The molecule has 0 fully saturated rings. The highest BCUT2D eigenvalue weighted by Gasteiger charge is 2.25. The first-order valence-corrected chi connectivity index (χ1v) is 9.44. The van der Waals surface area contributed by atoms with E-state index in [4.69, 9.17) is 28.2 Å². The van der Waals surface area contributed by atoms with Crippen molar-refractivity contribution in [3.05, 3.63) is 70.0 Å². The zero-order valence-corrected chi connectivity index (χ0v) is 15.8. The van der Waals surface area contributed by atoms with E-state index in [0.717, 1.165) is 46.5 Å². The first-order valence-electron chi connectivity index (χ1n) is 8.68. The second-order valence-corrected chi connectivity index (χ2v) is 7.33. The van der Waals surface area contributed by atoms with E-state index < -0.39 is 0 Å². The number of nitrogens with zero attached hydrogens (tertiary/aromatic N) is 4. The number of anilines is 1. The number of benzene rings is 2. The Morgan fingerprint density at radius 3 is 2.59 bits per heavy atom. The molecule has 0 saturated carbocycles.